The van der Waals surface area contributed by atoms with Crippen molar-refractivity contribution in [2.75, 3.05) is 6.61 Å². The monoisotopic (exact) mass is 194 g/mol. The topological polar surface area (TPSA) is 46.5 Å². The fourth-order valence-electron chi connectivity index (χ4n) is 1.38. The molecule has 3 heteroatoms. The highest BCUT2D eigenvalue weighted by atomic mass is 16.5. The average molecular weight is 194 g/mol. The van der Waals surface area contributed by atoms with E-state index in [1.807, 2.05) is 13.8 Å². The second-order valence-corrected chi connectivity index (χ2v) is 2.88. The summed E-state index contributed by atoms with van der Waals surface area (Å²) in [6.45, 7) is 4.23. The van der Waals surface area contributed by atoms with Gasteiger partial charge in [-0.3, -0.25) is 4.79 Å². The van der Waals surface area contributed by atoms with Gasteiger partial charge in [0.2, 0.25) is 0 Å². The molecule has 0 saturated carbocycles. The van der Waals surface area contributed by atoms with Gasteiger partial charge in [0.1, 0.15) is 6.29 Å². The lowest BCUT2D eigenvalue weighted by Gasteiger charge is -2.10. The number of aldehydes is 1. The van der Waals surface area contributed by atoms with Gasteiger partial charge in [0.15, 0.2) is 11.5 Å². The van der Waals surface area contributed by atoms with Crippen molar-refractivity contribution in [2.24, 2.45) is 0 Å². The Kier molecular flexibility index (Phi) is 3.51. The first-order valence-corrected chi connectivity index (χ1v) is 4.67. The van der Waals surface area contributed by atoms with Crippen molar-refractivity contribution in [1.29, 1.82) is 0 Å². The quantitative estimate of drug-likeness (QED) is 0.747. The normalized spacial score (nSPS) is 9.86. The molecule has 0 aliphatic rings. The summed E-state index contributed by atoms with van der Waals surface area (Å²) in [5.41, 5.74) is 1.17. The molecule has 0 radical (unpaired) electrons. The molecular weight excluding hydrogens is 180 g/mol. The predicted octanol–water partition coefficient (Wildman–Crippen LogP) is 2.17. The Morgan fingerprint density at radius 3 is 2.64 bits per heavy atom. The van der Waals surface area contributed by atoms with E-state index >= 15 is 0 Å². The molecule has 0 bridgehead atoms. The highest BCUT2D eigenvalue weighted by Crippen LogP contribution is 2.32. The van der Waals surface area contributed by atoms with Crippen LogP contribution in [-0.2, 0) is 6.42 Å². The molecule has 14 heavy (non-hydrogen) atoms. The Morgan fingerprint density at radius 1 is 1.43 bits per heavy atom. The van der Waals surface area contributed by atoms with Crippen LogP contribution in [0.25, 0.3) is 0 Å². The number of benzene rings is 1. The number of phenolic OH excluding ortho intramolecular Hbond substituents is 1. The highest BCUT2D eigenvalue weighted by Gasteiger charge is 2.10. The molecule has 1 N–H and O–H groups in total. The van der Waals surface area contributed by atoms with Gasteiger partial charge >= 0.3 is 0 Å². The Morgan fingerprint density at radius 2 is 2.14 bits per heavy atom. The molecule has 0 fully saturated rings. The van der Waals surface area contributed by atoms with Crippen LogP contribution < -0.4 is 4.74 Å². The summed E-state index contributed by atoms with van der Waals surface area (Å²) in [5, 5.41) is 9.75. The average Bonchev–Trinajstić information content (AvgIpc) is 2.21. The van der Waals surface area contributed by atoms with E-state index in [0.717, 1.165) is 6.29 Å². The Balaban J connectivity index is 3.20. The molecular formula is C11H14O3. The van der Waals surface area contributed by atoms with E-state index in [1.54, 1.807) is 12.1 Å². The van der Waals surface area contributed by atoms with E-state index in [0.29, 0.717) is 29.9 Å². The number of phenols is 1. The van der Waals surface area contributed by atoms with E-state index in [4.69, 9.17) is 4.74 Å². The summed E-state index contributed by atoms with van der Waals surface area (Å²) in [4.78, 5) is 10.7. The van der Waals surface area contributed by atoms with Crippen molar-refractivity contribution in [3.63, 3.8) is 0 Å². The van der Waals surface area contributed by atoms with Crippen molar-refractivity contribution in [3.8, 4) is 11.5 Å². The standard InChI is InChI=1S/C11H14O3/c1-3-9-8(7-12)5-6-10(11(9)13)14-4-2/h5-7,13H,3-4H2,1-2H3. The first-order valence-electron chi connectivity index (χ1n) is 4.67. The maximum Gasteiger partial charge on any atom is 0.161 e. The van der Waals surface area contributed by atoms with Crippen LogP contribution in [0.3, 0.4) is 0 Å². The molecule has 0 spiro atoms. The van der Waals surface area contributed by atoms with Crippen LogP contribution in [0.5, 0.6) is 11.5 Å². The summed E-state index contributed by atoms with van der Waals surface area (Å²) in [6, 6.07) is 3.28. The molecule has 0 heterocycles. The first-order chi connectivity index (χ1) is 6.74. The fourth-order valence-corrected chi connectivity index (χ4v) is 1.38. The lowest BCUT2D eigenvalue weighted by Crippen LogP contribution is -1.97. The van der Waals surface area contributed by atoms with Gasteiger partial charge in [-0.15, -0.1) is 0 Å². The van der Waals surface area contributed by atoms with Crippen LogP contribution in [0.2, 0.25) is 0 Å². The van der Waals surface area contributed by atoms with Crippen LogP contribution in [0.1, 0.15) is 29.8 Å². The van der Waals surface area contributed by atoms with Crippen molar-refractivity contribution < 1.29 is 14.6 Å². The molecule has 1 aromatic carbocycles. The summed E-state index contributed by atoms with van der Waals surface area (Å²) >= 11 is 0. The molecule has 76 valence electrons. The molecule has 0 aromatic heterocycles. The molecule has 0 amide bonds. The van der Waals surface area contributed by atoms with E-state index in [9.17, 15) is 9.90 Å². The van der Waals surface area contributed by atoms with Gasteiger partial charge in [-0.1, -0.05) is 6.92 Å². The number of aromatic hydroxyl groups is 1. The summed E-state index contributed by atoms with van der Waals surface area (Å²) in [5.74, 6) is 0.522. The maximum atomic E-state index is 10.7. The predicted molar refractivity (Wildman–Crippen MR) is 54.0 cm³/mol. The van der Waals surface area contributed by atoms with Crippen LogP contribution in [0.15, 0.2) is 12.1 Å². The van der Waals surface area contributed by atoms with Gasteiger partial charge in [0.05, 0.1) is 6.61 Å². The lowest BCUT2D eigenvalue weighted by molar-refractivity contribution is 0.112. The van der Waals surface area contributed by atoms with E-state index < -0.39 is 0 Å². The van der Waals surface area contributed by atoms with Crippen molar-refractivity contribution >= 4 is 6.29 Å². The van der Waals surface area contributed by atoms with Gasteiger partial charge in [0.25, 0.3) is 0 Å². The van der Waals surface area contributed by atoms with Gasteiger partial charge in [-0.05, 0) is 25.5 Å². The molecule has 0 aliphatic heterocycles. The minimum Gasteiger partial charge on any atom is -0.504 e. The summed E-state index contributed by atoms with van der Waals surface area (Å²) < 4.78 is 5.21. The zero-order valence-electron chi connectivity index (χ0n) is 8.41. The van der Waals surface area contributed by atoms with E-state index in [2.05, 4.69) is 0 Å². The summed E-state index contributed by atoms with van der Waals surface area (Å²) in [7, 11) is 0. The zero-order chi connectivity index (χ0) is 10.6. The minimum absolute atomic E-state index is 0.0824. The third kappa shape index (κ3) is 1.87. The summed E-state index contributed by atoms with van der Waals surface area (Å²) in [6.07, 6.45) is 1.36. The van der Waals surface area contributed by atoms with Crippen molar-refractivity contribution in [3.05, 3.63) is 23.3 Å². The molecule has 1 aromatic rings. The molecule has 0 unspecified atom stereocenters. The van der Waals surface area contributed by atoms with Crippen LogP contribution in [-0.4, -0.2) is 18.0 Å². The fraction of sp³-hybridized carbons (Fsp3) is 0.364. The Hall–Kier alpha value is -1.51. The van der Waals surface area contributed by atoms with E-state index in [-0.39, 0.29) is 5.75 Å². The van der Waals surface area contributed by atoms with Gasteiger partial charge < -0.3 is 9.84 Å². The first kappa shape index (κ1) is 10.6. The highest BCUT2D eigenvalue weighted by molar-refractivity contribution is 5.79. The smallest absolute Gasteiger partial charge is 0.161 e. The second-order valence-electron chi connectivity index (χ2n) is 2.88. The molecule has 0 aliphatic carbocycles. The maximum absolute atomic E-state index is 10.7. The Bertz CT molecular complexity index is 332. The van der Waals surface area contributed by atoms with Crippen LogP contribution in [0, 0.1) is 0 Å². The molecule has 1 rings (SSSR count). The lowest BCUT2D eigenvalue weighted by atomic mass is 10.0. The van der Waals surface area contributed by atoms with Gasteiger partial charge in [-0.25, -0.2) is 0 Å². The minimum atomic E-state index is 0.0824. The second kappa shape index (κ2) is 4.65. The third-order valence-electron chi connectivity index (χ3n) is 2.06. The molecule has 0 saturated heterocycles. The van der Waals surface area contributed by atoms with Gasteiger partial charge in [-0.2, -0.15) is 0 Å². The number of hydrogen-bond donors (Lipinski definition) is 1. The van der Waals surface area contributed by atoms with Crippen molar-refractivity contribution in [2.45, 2.75) is 20.3 Å². The van der Waals surface area contributed by atoms with Crippen molar-refractivity contribution in [1.82, 2.24) is 0 Å². The molecule has 0 atom stereocenters. The SMILES string of the molecule is CCOc1ccc(C=O)c(CC)c1O. The number of hydrogen-bond acceptors (Lipinski definition) is 3. The number of rotatable bonds is 4. The number of carbonyl (C=O) groups excluding carboxylic acids is 1. The molecule has 3 nitrogen and oxygen atoms in total. The third-order valence-corrected chi connectivity index (χ3v) is 2.06. The van der Waals surface area contributed by atoms with Gasteiger partial charge in [0, 0.05) is 11.1 Å². The largest absolute Gasteiger partial charge is 0.504 e. The zero-order valence-corrected chi connectivity index (χ0v) is 8.41. The number of ether oxygens (including phenoxy) is 1. The Labute approximate surface area is 83.3 Å². The van der Waals surface area contributed by atoms with E-state index in [1.165, 1.54) is 0 Å². The number of carbonyl (C=O) groups is 1. The van der Waals surface area contributed by atoms with Crippen LogP contribution >= 0.6 is 0 Å². The van der Waals surface area contributed by atoms with Crippen LogP contribution in [0.4, 0.5) is 0 Å².